The molecule has 0 bridgehead atoms. The van der Waals surface area contributed by atoms with Crippen molar-refractivity contribution in [2.24, 2.45) is 0 Å². The summed E-state index contributed by atoms with van der Waals surface area (Å²) in [6.07, 6.45) is 3.48. The number of ether oxygens (including phenoxy) is 1. The van der Waals surface area contributed by atoms with E-state index in [-0.39, 0.29) is 11.1 Å². The van der Waals surface area contributed by atoms with Crippen LogP contribution in [0.1, 0.15) is 32.3 Å². The molecule has 0 aromatic carbocycles. The zero-order valence-electron chi connectivity index (χ0n) is 12.6. The van der Waals surface area contributed by atoms with Crippen LogP contribution in [0, 0.1) is 0 Å². The molecule has 0 aliphatic carbocycles. The molecule has 2 heterocycles. The summed E-state index contributed by atoms with van der Waals surface area (Å²) >= 11 is 0. The summed E-state index contributed by atoms with van der Waals surface area (Å²) < 4.78 is 32.5. The molecule has 0 amide bonds. The molecule has 1 aliphatic rings. The zero-order valence-corrected chi connectivity index (χ0v) is 13.4. The van der Waals surface area contributed by atoms with Crippen LogP contribution in [0.15, 0.2) is 11.2 Å². The minimum absolute atomic E-state index is 0.000127. The van der Waals surface area contributed by atoms with Gasteiger partial charge in [0.25, 0.3) is 10.0 Å². The number of nitrogens with one attached hydrogen (secondary N) is 2. The molecule has 8 heteroatoms. The van der Waals surface area contributed by atoms with Crippen LogP contribution in [0.2, 0.25) is 0 Å². The lowest BCUT2D eigenvalue weighted by atomic mass is 10.2. The van der Waals surface area contributed by atoms with Crippen molar-refractivity contribution < 1.29 is 13.2 Å². The quantitative estimate of drug-likeness (QED) is 0.737. The molecule has 21 heavy (non-hydrogen) atoms. The Labute approximate surface area is 126 Å². The minimum atomic E-state index is -3.56. The van der Waals surface area contributed by atoms with Crippen LogP contribution in [0.4, 0.5) is 0 Å². The highest BCUT2D eigenvalue weighted by molar-refractivity contribution is 7.89. The van der Waals surface area contributed by atoms with Gasteiger partial charge in [-0.2, -0.15) is 9.40 Å². The van der Waals surface area contributed by atoms with Crippen LogP contribution in [0.25, 0.3) is 0 Å². The van der Waals surface area contributed by atoms with Crippen molar-refractivity contribution in [2.45, 2.75) is 44.4 Å². The van der Waals surface area contributed by atoms with E-state index in [1.165, 1.54) is 4.31 Å². The summed E-state index contributed by atoms with van der Waals surface area (Å²) in [7, 11) is -3.56. The van der Waals surface area contributed by atoms with Crippen molar-refractivity contribution in [2.75, 3.05) is 26.2 Å². The Hall–Kier alpha value is -0.960. The van der Waals surface area contributed by atoms with Gasteiger partial charge >= 0.3 is 0 Å². The topological polar surface area (TPSA) is 87.3 Å². The molecule has 1 unspecified atom stereocenters. The van der Waals surface area contributed by atoms with Gasteiger partial charge < -0.3 is 10.1 Å². The Morgan fingerprint density at radius 1 is 1.52 bits per heavy atom. The van der Waals surface area contributed by atoms with Gasteiger partial charge in [-0.25, -0.2) is 8.42 Å². The predicted molar refractivity (Wildman–Crippen MR) is 79.4 cm³/mol. The van der Waals surface area contributed by atoms with E-state index >= 15 is 0 Å². The molecule has 0 radical (unpaired) electrons. The van der Waals surface area contributed by atoms with E-state index in [4.69, 9.17) is 4.74 Å². The van der Waals surface area contributed by atoms with Crippen LogP contribution in [-0.4, -0.2) is 55.3 Å². The third-order valence-corrected chi connectivity index (χ3v) is 5.58. The Morgan fingerprint density at radius 2 is 2.33 bits per heavy atom. The number of nitrogens with zero attached hydrogens (tertiary/aromatic N) is 2. The third-order valence-electron chi connectivity index (χ3n) is 3.63. The molecule has 2 N–H and O–H groups in total. The summed E-state index contributed by atoms with van der Waals surface area (Å²) in [6.45, 7) is 6.62. The molecule has 1 aromatic rings. The molecule has 1 aromatic heterocycles. The Morgan fingerprint density at radius 3 is 2.95 bits per heavy atom. The molecule has 2 rings (SSSR count). The van der Waals surface area contributed by atoms with Gasteiger partial charge in [-0.05, 0) is 19.4 Å². The summed E-state index contributed by atoms with van der Waals surface area (Å²) in [6, 6.07) is 0. The lowest BCUT2D eigenvalue weighted by Gasteiger charge is -2.23. The average Bonchev–Trinajstić information content (AvgIpc) is 3.13. The largest absolute Gasteiger partial charge is 0.377 e. The van der Waals surface area contributed by atoms with E-state index in [0.717, 1.165) is 26.0 Å². The number of aromatic nitrogens is 2. The first kappa shape index (κ1) is 16.4. The molecule has 0 saturated carbocycles. The van der Waals surface area contributed by atoms with E-state index < -0.39 is 10.0 Å². The van der Waals surface area contributed by atoms with E-state index in [9.17, 15) is 8.42 Å². The first-order valence-electron chi connectivity index (χ1n) is 7.44. The average molecular weight is 316 g/mol. The van der Waals surface area contributed by atoms with Crippen LogP contribution in [0.3, 0.4) is 0 Å². The molecule has 1 aliphatic heterocycles. The van der Waals surface area contributed by atoms with Crippen LogP contribution in [0.5, 0.6) is 0 Å². The second kappa shape index (κ2) is 7.35. The highest BCUT2D eigenvalue weighted by Crippen LogP contribution is 2.21. The fourth-order valence-corrected chi connectivity index (χ4v) is 4.03. The fraction of sp³-hybridized carbons (Fsp3) is 0.769. The third kappa shape index (κ3) is 3.82. The molecule has 1 fully saturated rings. The van der Waals surface area contributed by atoms with Gasteiger partial charge in [0.05, 0.1) is 12.3 Å². The molecule has 1 atom stereocenters. The molecule has 120 valence electrons. The summed E-state index contributed by atoms with van der Waals surface area (Å²) in [4.78, 5) is 0. The SMILES string of the molecule is CCNCc1cn[nH]c1S(=O)(=O)N(CC)CC1CCCO1. The molecule has 1 saturated heterocycles. The van der Waals surface area contributed by atoms with Crippen molar-refractivity contribution in [3.63, 3.8) is 0 Å². The summed E-state index contributed by atoms with van der Waals surface area (Å²) in [5.41, 5.74) is 0.669. The number of rotatable bonds is 8. The summed E-state index contributed by atoms with van der Waals surface area (Å²) in [5.74, 6) is 0. The monoisotopic (exact) mass is 316 g/mol. The van der Waals surface area contributed by atoms with Gasteiger partial charge in [0, 0.05) is 31.8 Å². The van der Waals surface area contributed by atoms with Crippen molar-refractivity contribution in [1.82, 2.24) is 19.8 Å². The number of sulfonamides is 1. The smallest absolute Gasteiger partial charge is 0.260 e. The predicted octanol–water partition coefficient (Wildman–Crippen LogP) is 0.709. The first-order valence-corrected chi connectivity index (χ1v) is 8.88. The van der Waals surface area contributed by atoms with E-state index in [2.05, 4.69) is 15.5 Å². The van der Waals surface area contributed by atoms with Gasteiger partial charge in [0.1, 0.15) is 0 Å². The molecular weight excluding hydrogens is 292 g/mol. The number of likely N-dealkylation sites (N-methyl/N-ethyl adjacent to an activating group) is 1. The summed E-state index contributed by atoms with van der Waals surface area (Å²) in [5, 5.41) is 9.83. The zero-order chi connectivity index (χ0) is 15.3. The molecular formula is C13H24N4O3S. The van der Waals surface area contributed by atoms with Crippen LogP contribution in [-0.2, 0) is 21.3 Å². The van der Waals surface area contributed by atoms with Gasteiger partial charge in [-0.1, -0.05) is 13.8 Å². The number of hydrogen-bond donors (Lipinski definition) is 2. The fourth-order valence-electron chi connectivity index (χ4n) is 2.45. The first-order chi connectivity index (χ1) is 10.1. The van der Waals surface area contributed by atoms with E-state index in [1.54, 1.807) is 6.20 Å². The maximum atomic E-state index is 12.8. The maximum Gasteiger partial charge on any atom is 0.260 e. The maximum absolute atomic E-state index is 12.8. The Balaban J connectivity index is 2.16. The molecule has 0 spiro atoms. The normalized spacial score (nSPS) is 19.5. The van der Waals surface area contributed by atoms with Gasteiger partial charge in [-0.15, -0.1) is 0 Å². The van der Waals surface area contributed by atoms with Crippen LogP contribution < -0.4 is 5.32 Å². The van der Waals surface area contributed by atoms with Gasteiger partial charge in [0.15, 0.2) is 5.03 Å². The van der Waals surface area contributed by atoms with Gasteiger partial charge in [-0.3, -0.25) is 5.10 Å². The highest BCUT2D eigenvalue weighted by atomic mass is 32.2. The second-order valence-electron chi connectivity index (χ2n) is 5.10. The Kier molecular flexibility index (Phi) is 5.74. The van der Waals surface area contributed by atoms with E-state index in [0.29, 0.717) is 25.2 Å². The lowest BCUT2D eigenvalue weighted by Crippen LogP contribution is -2.38. The second-order valence-corrected chi connectivity index (χ2v) is 6.97. The van der Waals surface area contributed by atoms with E-state index in [1.807, 2.05) is 13.8 Å². The number of H-pyrrole nitrogens is 1. The Bertz CT molecular complexity index is 537. The lowest BCUT2D eigenvalue weighted by molar-refractivity contribution is 0.0946. The number of aromatic amines is 1. The highest BCUT2D eigenvalue weighted by Gasteiger charge is 2.30. The van der Waals surface area contributed by atoms with Crippen LogP contribution >= 0.6 is 0 Å². The van der Waals surface area contributed by atoms with Crippen molar-refractivity contribution >= 4 is 10.0 Å². The number of hydrogen-bond acceptors (Lipinski definition) is 5. The van der Waals surface area contributed by atoms with Crippen molar-refractivity contribution in [3.8, 4) is 0 Å². The standard InChI is InChI=1S/C13H24N4O3S/c1-3-14-8-11-9-15-16-13(11)21(18,19)17(4-2)10-12-6-5-7-20-12/h9,12,14H,3-8,10H2,1-2H3,(H,15,16). The van der Waals surface area contributed by atoms with Crippen molar-refractivity contribution in [1.29, 1.82) is 0 Å². The van der Waals surface area contributed by atoms with Gasteiger partial charge in [0.2, 0.25) is 0 Å². The molecule has 7 nitrogen and oxygen atoms in total. The van der Waals surface area contributed by atoms with Crippen molar-refractivity contribution in [3.05, 3.63) is 11.8 Å². The minimum Gasteiger partial charge on any atom is -0.377 e.